The Morgan fingerprint density at radius 1 is 1.35 bits per heavy atom. The monoisotopic (exact) mass is 361 g/mol. The first-order valence-corrected chi connectivity index (χ1v) is 10.1. The molecule has 1 fully saturated rings. The van der Waals surface area contributed by atoms with Crippen molar-refractivity contribution < 1.29 is 9.53 Å². The summed E-state index contributed by atoms with van der Waals surface area (Å²) in [4.78, 5) is 21.8. The van der Waals surface area contributed by atoms with E-state index < -0.39 is 5.60 Å². The summed E-state index contributed by atoms with van der Waals surface area (Å²) in [5, 5.41) is 0. The number of carbonyl (C=O) groups is 1. The molecule has 5 nitrogen and oxygen atoms in total. The third-order valence-corrected chi connectivity index (χ3v) is 4.66. The van der Waals surface area contributed by atoms with Crippen molar-refractivity contribution in [2.75, 3.05) is 24.5 Å². The maximum absolute atomic E-state index is 12.9. The van der Waals surface area contributed by atoms with E-state index in [9.17, 15) is 4.79 Å². The molecule has 0 N–H and O–H groups in total. The van der Waals surface area contributed by atoms with Crippen LogP contribution in [-0.4, -0.2) is 41.2 Å². The van der Waals surface area contributed by atoms with E-state index >= 15 is 0 Å². The standard InChI is InChI=1S/C21H35N3O2/c1-6-8-16-24(20(25)26-21(3,4)5)19-17(11-9-13-22-19)18-12-10-15-23(18)14-7-2/h9,11,13,18H,6-8,10,12,14-16H2,1-5H3/t18-/m0/s1. The van der Waals surface area contributed by atoms with E-state index in [0.29, 0.717) is 12.6 Å². The summed E-state index contributed by atoms with van der Waals surface area (Å²) < 4.78 is 5.68. The first-order chi connectivity index (χ1) is 12.4. The van der Waals surface area contributed by atoms with E-state index in [2.05, 4.69) is 29.8 Å². The van der Waals surface area contributed by atoms with E-state index in [4.69, 9.17) is 4.74 Å². The first kappa shape index (κ1) is 20.7. The second-order valence-corrected chi connectivity index (χ2v) is 8.10. The molecule has 0 aliphatic carbocycles. The van der Waals surface area contributed by atoms with Gasteiger partial charge in [0.15, 0.2) is 0 Å². The lowest BCUT2D eigenvalue weighted by molar-refractivity contribution is 0.0578. The van der Waals surface area contributed by atoms with Crippen LogP contribution in [0.1, 0.15) is 78.3 Å². The van der Waals surface area contributed by atoms with E-state index in [1.54, 1.807) is 11.1 Å². The van der Waals surface area contributed by atoms with Gasteiger partial charge in [-0.25, -0.2) is 9.78 Å². The highest BCUT2D eigenvalue weighted by Gasteiger charge is 2.32. The second-order valence-electron chi connectivity index (χ2n) is 8.10. The fourth-order valence-electron chi connectivity index (χ4n) is 3.55. The zero-order valence-corrected chi connectivity index (χ0v) is 17.1. The van der Waals surface area contributed by atoms with E-state index in [-0.39, 0.29) is 6.09 Å². The van der Waals surface area contributed by atoms with Crippen molar-refractivity contribution in [2.24, 2.45) is 0 Å². The van der Waals surface area contributed by atoms with Gasteiger partial charge in [0.05, 0.1) is 0 Å². The number of hydrogen-bond donors (Lipinski definition) is 0. The average molecular weight is 362 g/mol. The van der Waals surface area contributed by atoms with Crippen LogP contribution in [0, 0.1) is 0 Å². The number of nitrogens with zero attached hydrogens (tertiary/aromatic N) is 3. The molecule has 5 heteroatoms. The van der Waals surface area contributed by atoms with Crippen LogP contribution in [0.5, 0.6) is 0 Å². The first-order valence-electron chi connectivity index (χ1n) is 10.1. The van der Waals surface area contributed by atoms with Crippen LogP contribution in [0.2, 0.25) is 0 Å². The third kappa shape index (κ3) is 5.44. The lowest BCUT2D eigenvalue weighted by Crippen LogP contribution is -2.39. The SMILES string of the molecule is CCCCN(C(=O)OC(C)(C)C)c1ncccc1[C@@H]1CCCN1CCC. The molecular formula is C21H35N3O2. The van der Waals surface area contributed by atoms with Crippen molar-refractivity contribution in [1.82, 2.24) is 9.88 Å². The minimum Gasteiger partial charge on any atom is -0.443 e. The zero-order chi connectivity index (χ0) is 19.2. The Labute approximate surface area is 158 Å². The molecule has 1 amide bonds. The van der Waals surface area contributed by atoms with Crippen LogP contribution in [0.25, 0.3) is 0 Å². The zero-order valence-electron chi connectivity index (χ0n) is 17.1. The number of unbranched alkanes of at least 4 members (excludes halogenated alkanes) is 1. The van der Waals surface area contributed by atoms with E-state index in [1.807, 2.05) is 26.8 Å². The van der Waals surface area contributed by atoms with Crippen LogP contribution in [-0.2, 0) is 4.74 Å². The molecule has 1 aliphatic rings. The third-order valence-electron chi connectivity index (χ3n) is 4.66. The van der Waals surface area contributed by atoms with Crippen LogP contribution >= 0.6 is 0 Å². The molecule has 2 rings (SSSR count). The van der Waals surface area contributed by atoms with Gasteiger partial charge < -0.3 is 4.74 Å². The van der Waals surface area contributed by atoms with Gasteiger partial charge in [-0.15, -0.1) is 0 Å². The van der Waals surface area contributed by atoms with E-state index in [1.165, 1.54) is 6.42 Å². The smallest absolute Gasteiger partial charge is 0.416 e. The van der Waals surface area contributed by atoms with Gasteiger partial charge in [-0.1, -0.05) is 26.3 Å². The molecule has 146 valence electrons. The summed E-state index contributed by atoms with van der Waals surface area (Å²) in [6.45, 7) is 12.9. The molecule has 1 aromatic rings. The molecule has 0 aromatic carbocycles. The fourth-order valence-corrected chi connectivity index (χ4v) is 3.55. The highest BCUT2D eigenvalue weighted by atomic mass is 16.6. The number of pyridine rings is 1. The number of amides is 1. The van der Waals surface area contributed by atoms with Crippen molar-refractivity contribution in [3.8, 4) is 0 Å². The summed E-state index contributed by atoms with van der Waals surface area (Å²) in [5.74, 6) is 0.767. The number of ether oxygens (including phenoxy) is 1. The van der Waals surface area contributed by atoms with Gasteiger partial charge in [0.25, 0.3) is 0 Å². The van der Waals surface area contributed by atoms with Gasteiger partial charge in [0.2, 0.25) is 0 Å². The van der Waals surface area contributed by atoms with Gasteiger partial charge in [0.1, 0.15) is 11.4 Å². The maximum atomic E-state index is 12.9. The van der Waals surface area contributed by atoms with Gasteiger partial charge in [0, 0.05) is 24.3 Å². The van der Waals surface area contributed by atoms with Gasteiger partial charge >= 0.3 is 6.09 Å². The largest absolute Gasteiger partial charge is 0.443 e. The lowest BCUT2D eigenvalue weighted by atomic mass is 10.0. The predicted octanol–water partition coefficient (Wildman–Crippen LogP) is 5.17. The van der Waals surface area contributed by atoms with Gasteiger partial charge in [-0.2, -0.15) is 0 Å². The Bertz CT molecular complexity index is 583. The van der Waals surface area contributed by atoms with Crippen LogP contribution in [0.3, 0.4) is 0 Å². The summed E-state index contributed by atoms with van der Waals surface area (Å²) >= 11 is 0. The number of aromatic nitrogens is 1. The van der Waals surface area contributed by atoms with Crippen molar-refractivity contribution in [3.05, 3.63) is 23.9 Å². The summed E-state index contributed by atoms with van der Waals surface area (Å²) in [6, 6.07) is 4.45. The molecule has 1 atom stereocenters. The molecule has 0 bridgehead atoms. The van der Waals surface area contributed by atoms with Crippen molar-refractivity contribution in [2.45, 2.75) is 78.4 Å². The lowest BCUT2D eigenvalue weighted by Gasteiger charge is -2.31. The number of hydrogen-bond acceptors (Lipinski definition) is 4. The second kappa shape index (κ2) is 9.36. The van der Waals surface area contributed by atoms with Crippen LogP contribution in [0.4, 0.5) is 10.6 Å². The van der Waals surface area contributed by atoms with Crippen LogP contribution in [0.15, 0.2) is 18.3 Å². The fraction of sp³-hybridized carbons (Fsp3) is 0.714. The highest BCUT2D eigenvalue weighted by molar-refractivity contribution is 5.87. The number of likely N-dealkylation sites (tertiary alicyclic amines) is 1. The Hall–Kier alpha value is -1.62. The van der Waals surface area contributed by atoms with Gasteiger partial charge in [-0.3, -0.25) is 9.80 Å². The van der Waals surface area contributed by atoms with E-state index in [0.717, 1.165) is 50.2 Å². The molecule has 26 heavy (non-hydrogen) atoms. The number of rotatable bonds is 7. The Morgan fingerprint density at radius 2 is 2.12 bits per heavy atom. The molecule has 1 aliphatic heterocycles. The molecule has 1 saturated heterocycles. The highest BCUT2D eigenvalue weighted by Crippen LogP contribution is 2.36. The number of carbonyl (C=O) groups excluding carboxylic acids is 1. The molecule has 0 saturated carbocycles. The summed E-state index contributed by atoms with van der Waals surface area (Å²) in [6.07, 6.45) is 6.88. The van der Waals surface area contributed by atoms with Crippen molar-refractivity contribution in [3.63, 3.8) is 0 Å². The molecule has 0 radical (unpaired) electrons. The Kier molecular flexibility index (Phi) is 7.44. The topological polar surface area (TPSA) is 45.7 Å². The normalized spacial score (nSPS) is 18.1. The minimum atomic E-state index is -0.516. The molecule has 1 aromatic heterocycles. The quantitative estimate of drug-likeness (QED) is 0.672. The van der Waals surface area contributed by atoms with Crippen LogP contribution < -0.4 is 4.90 Å². The van der Waals surface area contributed by atoms with Gasteiger partial charge in [-0.05, 0) is 65.6 Å². The molecule has 2 heterocycles. The molecule has 0 unspecified atom stereocenters. The summed E-state index contributed by atoms with van der Waals surface area (Å²) in [7, 11) is 0. The average Bonchev–Trinajstić information content (AvgIpc) is 3.02. The Balaban J connectivity index is 2.34. The maximum Gasteiger partial charge on any atom is 0.416 e. The molecule has 0 spiro atoms. The van der Waals surface area contributed by atoms with Crippen molar-refractivity contribution >= 4 is 11.9 Å². The number of anilines is 1. The molecular weight excluding hydrogens is 326 g/mol. The predicted molar refractivity (Wildman–Crippen MR) is 107 cm³/mol. The minimum absolute atomic E-state index is 0.300. The summed E-state index contributed by atoms with van der Waals surface area (Å²) in [5.41, 5.74) is 0.637. The Morgan fingerprint density at radius 3 is 2.77 bits per heavy atom. The van der Waals surface area contributed by atoms with Crippen molar-refractivity contribution in [1.29, 1.82) is 0 Å².